The van der Waals surface area contributed by atoms with Crippen molar-refractivity contribution in [3.63, 3.8) is 0 Å². The first-order chi connectivity index (χ1) is 10.8. The van der Waals surface area contributed by atoms with E-state index in [0.29, 0.717) is 18.4 Å². The molecule has 2 N–H and O–H groups in total. The number of likely N-dealkylation sites (tertiary alicyclic amines) is 2. The molecule has 2 atom stereocenters. The van der Waals surface area contributed by atoms with Crippen LogP contribution in [-0.2, 0) is 11.3 Å². The molecule has 1 aromatic rings. The third kappa shape index (κ3) is 3.50. The zero-order chi connectivity index (χ0) is 15.4. The van der Waals surface area contributed by atoms with E-state index < -0.39 is 0 Å². The van der Waals surface area contributed by atoms with Crippen molar-refractivity contribution in [2.24, 2.45) is 11.7 Å². The van der Waals surface area contributed by atoms with Crippen LogP contribution in [0.4, 0.5) is 0 Å². The zero-order valence-corrected chi connectivity index (χ0v) is 13.3. The number of hydrogen-bond acceptors (Lipinski definition) is 3. The summed E-state index contributed by atoms with van der Waals surface area (Å²) in [5.74, 6) is 0.821. The normalized spacial score (nSPS) is 26.3. The van der Waals surface area contributed by atoms with Gasteiger partial charge in [-0.1, -0.05) is 36.8 Å². The molecule has 0 bridgehead atoms. The Morgan fingerprint density at radius 2 is 1.95 bits per heavy atom. The number of nitrogens with two attached hydrogens (primary N) is 1. The Bertz CT molecular complexity index is 490. The van der Waals surface area contributed by atoms with Crippen LogP contribution in [0.25, 0.3) is 0 Å². The van der Waals surface area contributed by atoms with Crippen molar-refractivity contribution in [2.75, 3.05) is 26.2 Å². The molecule has 3 rings (SSSR count). The average Bonchev–Trinajstić information content (AvgIpc) is 3.05. The monoisotopic (exact) mass is 301 g/mol. The van der Waals surface area contributed by atoms with Gasteiger partial charge in [-0.2, -0.15) is 0 Å². The van der Waals surface area contributed by atoms with E-state index in [1.807, 2.05) is 11.0 Å². The molecule has 2 heterocycles. The van der Waals surface area contributed by atoms with Crippen LogP contribution in [0.15, 0.2) is 30.3 Å². The first-order valence-electron chi connectivity index (χ1n) is 8.54. The van der Waals surface area contributed by atoms with Gasteiger partial charge < -0.3 is 10.6 Å². The van der Waals surface area contributed by atoms with Crippen LogP contribution < -0.4 is 5.73 Å². The van der Waals surface area contributed by atoms with Crippen LogP contribution in [0.2, 0.25) is 0 Å². The van der Waals surface area contributed by atoms with Gasteiger partial charge in [0, 0.05) is 19.6 Å². The van der Waals surface area contributed by atoms with E-state index in [1.165, 1.54) is 12.0 Å². The molecule has 0 unspecified atom stereocenters. The van der Waals surface area contributed by atoms with Gasteiger partial charge in [-0.15, -0.1) is 0 Å². The van der Waals surface area contributed by atoms with E-state index in [0.717, 1.165) is 45.4 Å². The summed E-state index contributed by atoms with van der Waals surface area (Å²) < 4.78 is 0. The highest BCUT2D eigenvalue weighted by atomic mass is 16.2. The van der Waals surface area contributed by atoms with Gasteiger partial charge in [-0.25, -0.2) is 0 Å². The summed E-state index contributed by atoms with van der Waals surface area (Å²) in [6.07, 6.45) is 4.42. The lowest BCUT2D eigenvalue weighted by Gasteiger charge is -2.36. The molecule has 1 amide bonds. The summed E-state index contributed by atoms with van der Waals surface area (Å²) in [5.41, 5.74) is 7.05. The molecular weight excluding hydrogens is 274 g/mol. The van der Waals surface area contributed by atoms with Crippen LogP contribution >= 0.6 is 0 Å². The van der Waals surface area contributed by atoms with E-state index in [9.17, 15) is 4.79 Å². The SMILES string of the molecule is NC[C@@H]1CCN(C(=O)[C@@H]2CCCCN2Cc2ccccc2)C1. The first-order valence-corrected chi connectivity index (χ1v) is 8.54. The van der Waals surface area contributed by atoms with Crippen LogP contribution in [0.1, 0.15) is 31.2 Å². The second-order valence-corrected chi connectivity index (χ2v) is 6.64. The Labute approximate surface area is 133 Å². The quantitative estimate of drug-likeness (QED) is 0.923. The predicted octanol–water partition coefficient (Wildman–Crippen LogP) is 1.85. The minimum Gasteiger partial charge on any atom is -0.341 e. The van der Waals surface area contributed by atoms with Gasteiger partial charge in [0.05, 0.1) is 6.04 Å². The molecule has 120 valence electrons. The maximum atomic E-state index is 12.9. The highest BCUT2D eigenvalue weighted by Crippen LogP contribution is 2.24. The van der Waals surface area contributed by atoms with Gasteiger partial charge in [-0.05, 0) is 43.8 Å². The van der Waals surface area contributed by atoms with Gasteiger partial charge in [0.1, 0.15) is 0 Å². The molecule has 2 fully saturated rings. The van der Waals surface area contributed by atoms with Gasteiger partial charge in [-0.3, -0.25) is 9.69 Å². The largest absolute Gasteiger partial charge is 0.341 e. The average molecular weight is 301 g/mol. The topological polar surface area (TPSA) is 49.6 Å². The maximum absolute atomic E-state index is 12.9. The second-order valence-electron chi connectivity index (χ2n) is 6.64. The number of nitrogens with zero attached hydrogens (tertiary/aromatic N) is 2. The maximum Gasteiger partial charge on any atom is 0.239 e. The standard InChI is InChI=1S/C18H27N3O/c19-12-16-9-11-21(14-16)18(22)17-8-4-5-10-20(17)13-15-6-2-1-3-7-15/h1-3,6-7,16-17H,4-5,8-14,19H2/t16-,17-/m0/s1. The fraction of sp³-hybridized carbons (Fsp3) is 0.611. The lowest BCUT2D eigenvalue weighted by atomic mass is 10.00. The molecule has 2 saturated heterocycles. The van der Waals surface area contributed by atoms with Crippen molar-refractivity contribution in [2.45, 2.75) is 38.3 Å². The van der Waals surface area contributed by atoms with Crippen molar-refractivity contribution >= 4 is 5.91 Å². The molecular formula is C18H27N3O. The minimum atomic E-state index is 0.0606. The van der Waals surface area contributed by atoms with Gasteiger partial charge >= 0.3 is 0 Å². The van der Waals surface area contributed by atoms with Gasteiger partial charge in [0.15, 0.2) is 0 Å². The Balaban J connectivity index is 1.66. The van der Waals surface area contributed by atoms with Crippen molar-refractivity contribution in [1.82, 2.24) is 9.80 Å². The number of amides is 1. The van der Waals surface area contributed by atoms with Crippen molar-refractivity contribution in [3.8, 4) is 0 Å². The third-order valence-electron chi connectivity index (χ3n) is 5.06. The summed E-state index contributed by atoms with van der Waals surface area (Å²) in [7, 11) is 0. The molecule has 0 saturated carbocycles. The van der Waals surface area contributed by atoms with Crippen molar-refractivity contribution < 1.29 is 4.79 Å². The summed E-state index contributed by atoms with van der Waals surface area (Å²) in [4.78, 5) is 17.3. The van der Waals surface area contributed by atoms with Gasteiger partial charge in [0.25, 0.3) is 0 Å². The molecule has 4 heteroatoms. The molecule has 2 aliphatic heterocycles. The summed E-state index contributed by atoms with van der Waals surface area (Å²) in [5, 5.41) is 0. The molecule has 0 aromatic heterocycles. The van der Waals surface area contributed by atoms with Crippen LogP contribution in [0.3, 0.4) is 0 Å². The Morgan fingerprint density at radius 3 is 2.68 bits per heavy atom. The highest BCUT2D eigenvalue weighted by molar-refractivity contribution is 5.82. The number of benzene rings is 1. The summed E-state index contributed by atoms with van der Waals surface area (Å²) >= 11 is 0. The third-order valence-corrected chi connectivity index (χ3v) is 5.06. The van der Waals surface area contributed by atoms with Crippen molar-refractivity contribution in [1.29, 1.82) is 0 Å². The Morgan fingerprint density at radius 1 is 1.14 bits per heavy atom. The van der Waals surface area contributed by atoms with E-state index in [1.54, 1.807) is 0 Å². The summed E-state index contributed by atoms with van der Waals surface area (Å²) in [6.45, 7) is 4.34. The van der Waals surface area contributed by atoms with E-state index in [4.69, 9.17) is 5.73 Å². The van der Waals surface area contributed by atoms with Crippen LogP contribution in [0.5, 0.6) is 0 Å². The van der Waals surface area contributed by atoms with E-state index >= 15 is 0 Å². The van der Waals surface area contributed by atoms with E-state index in [2.05, 4.69) is 29.2 Å². The van der Waals surface area contributed by atoms with E-state index in [-0.39, 0.29) is 6.04 Å². The lowest BCUT2D eigenvalue weighted by molar-refractivity contribution is -0.137. The summed E-state index contributed by atoms with van der Waals surface area (Å²) in [6, 6.07) is 10.5. The van der Waals surface area contributed by atoms with Gasteiger partial charge in [0.2, 0.25) is 5.91 Å². The Hall–Kier alpha value is -1.39. The number of piperidine rings is 1. The Kier molecular flexibility index (Phi) is 5.11. The minimum absolute atomic E-state index is 0.0606. The number of rotatable bonds is 4. The van der Waals surface area contributed by atoms with Crippen LogP contribution in [0, 0.1) is 5.92 Å². The molecule has 0 spiro atoms. The van der Waals surface area contributed by atoms with Crippen molar-refractivity contribution in [3.05, 3.63) is 35.9 Å². The molecule has 1 aromatic carbocycles. The highest BCUT2D eigenvalue weighted by Gasteiger charge is 2.34. The number of hydrogen-bond donors (Lipinski definition) is 1. The lowest BCUT2D eigenvalue weighted by Crippen LogP contribution is -2.50. The number of carbonyl (C=O) groups is 1. The molecule has 0 aliphatic carbocycles. The predicted molar refractivity (Wildman–Crippen MR) is 88.2 cm³/mol. The smallest absolute Gasteiger partial charge is 0.239 e. The molecule has 4 nitrogen and oxygen atoms in total. The number of carbonyl (C=O) groups excluding carboxylic acids is 1. The fourth-order valence-electron chi connectivity index (χ4n) is 3.71. The molecule has 22 heavy (non-hydrogen) atoms. The fourth-order valence-corrected chi connectivity index (χ4v) is 3.71. The zero-order valence-electron chi connectivity index (χ0n) is 13.3. The first kappa shape index (κ1) is 15.5. The van der Waals surface area contributed by atoms with Crippen LogP contribution in [-0.4, -0.2) is 47.9 Å². The molecule has 0 radical (unpaired) electrons. The second kappa shape index (κ2) is 7.25. The molecule has 2 aliphatic rings.